The van der Waals surface area contributed by atoms with Crippen LogP contribution in [0.15, 0.2) is 23.2 Å². The Balaban J connectivity index is 1.99. The van der Waals surface area contributed by atoms with E-state index < -0.39 is 0 Å². The van der Waals surface area contributed by atoms with Gasteiger partial charge in [-0.15, -0.1) is 0 Å². The lowest BCUT2D eigenvalue weighted by atomic mass is 10.0. The smallest absolute Gasteiger partial charge is 0.143 e. The molecule has 1 aromatic heterocycles. The first-order valence-electron chi connectivity index (χ1n) is 5.56. The summed E-state index contributed by atoms with van der Waals surface area (Å²) >= 11 is 1.72. The van der Waals surface area contributed by atoms with E-state index in [9.17, 15) is 0 Å². The minimum atomic E-state index is 0.641. The number of nitrogens with one attached hydrogen (secondary N) is 1. The Kier molecular flexibility index (Phi) is 2.54. The van der Waals surface area contributed by atoms with Crippen LogP contribution in [0.25, 0.3) is 0 Å². The molecular formula is C11H15N3S. The van der Waals surface area contributed by atoms with Crippen molar-refractivity contribution >= 4 is 17.8 Å². The Morgan fingerprint density at radius 1 is 1.47 bits per heavy atom. The van der Waals surface area contributed by atoms with Gasteiger partial charge in [0.05, 0.1) is 4.90 Å². The lowest BCUT2D eigenvalue weighted by molar-refractivity contribution is 0.456. The van der Waals surface area contributed by atoms with Crippen LogP contribution in [0.5, 0.6) is 0 Å². The third-order valence-corrected chi connectivity index (χ3v) is 4.00. The van der Waals surface area contributed by atoms with Gasteiger partial charge in [0.25, 0.3) is 0 Å². The predicted molar refractivity (Wildman–Crippen MR) is 63.1 cm³/mol. The van der Waals surface area contributed by atoms with E-state index in [1.54, 1.807) is 11.9 Å². The molecule has 2 aliphatic heterocycles. The fourth-order valence-electron chi connectivity index (χ4n) is 2.38. The van der Waals surface area contributed by atoms with Gasteiger partial charge in [-0.3, -0.25) is 4.72 Å². The van der Waals surface area contributed by atoms with Crippen LogP contribution in [0.1, 0.15) is 19.3 Å². The van der Waals surface area contributed by atoms with Crippen LogP contribution in [-0.2, 0) is 0 Å². The SMILES string of the molecule is c1cnc2c(c1)SNC[C@@H]1CCCCN21. The van der Waals surface area contributed by atoms with Crippen LogP contribution in [0, 0.1) is 0 Å². The van der Waals surface area contributed by atoms with Gasteiger partial charge in [0, 0.05) is 25.3 Å². The molecule has 1 saturated heterocycles. The van der Waals surface area contributed by atoms with Crippen molar-refractivity contribution in [2.75, 3.05) is 18.0 Å². The summed E-state index contributed by atoms with van der Waals surface area (Å²) in [6.07, 6.45) is 5.85. The first-order chi connectivity index (χ1) is 7.45. The number of hydrogen-bond acceptors (Lipinski definition) is 4. The van der Waals surface area contributed by atoms with Crippen LogP contribution in [0.3, 0.4) is 0 Å². The minimum absolute atomic E-state index is 0.641. The molecule has 3 heterocycles. The van der Waals surface area contributed by atoms with Gasteiger partial charge in [-0.05, 0) is 43.3 Å². The van der Waals surface area contributed by atoms with Gasteiger partial charge in [-0.2, -0.15) is 0 Å². The monoisotopic (exact) mass is 221 g/mol. The Bertz CT molecular complexity index is 355. The normalized spacial score (nSPS) is 25.3. The number of pyridine rings is 1. The molecule has 3 nitrogen and oxygen atoms in total. The summed E-state index contributed by atoms with van der Waals surface area (Å²) in [6.45, 7) is 2.23. The Morgan fingerprint density at radius 3 is 3.47 bits per heavy atom. The van der Waals surface area contributed by atoms with Crippen molar-refractivity contribution in [2.24, 2.45) is 0 Å². The van der Waals surface area contributed by atoms with Gasteiger partial charge < -0.3 is 4.90 Å². The number of fused-ring (bicyclic) bond motifs is 3. The van der Waals surface area contributed by atoms with Crippen molar-refractivity contribution in [3.8, 4) is 0 Å². The standard InChI is InChI=1S/C11H15N3S/c1-2-7-14-9(4-1)8-13-15-10-5-3-6-12-11(10)14/h3,5-6,9,13H,1-2,4,7-8H2/t9-/m0/s1. The first kappa shape index (κ1) is 9.48. The quantitative estimate of drug-likeness (QED) is 0.679. The lowest BCUT2D eigenvalue weighted by Crippen LogP contribution is -2.43. The molecule has 0 radical (unpaired) electrons. The molecule has 1 atom stereocenters. The molecule has 1 N–H and O–H groups in total. The number of aromatic nitrogens is 1. The maximum absolute atomic E-state index is 4.53. The van der Waals surface area contributed by atoms with Crippen LogP contribution >= 0.6 is 11.9 Å². The largest absolute Gasteiger partial charge is 0.351 e. The molecule has 4 heteroatoms. The maximum Gasteiger partial charge on any atom is 0.143 e. The molecule has 2 aliphatic rings. The second kappa shape index (κ2) is 4.02. The summed E-state index contributed by atoms with van der Waals surface area (Å²) < 4.78 is 3.44. The number of nitrogens with zero attached hydrogens (tertiary/aromatic N) is 2. The highest BCUT2D eigenvalue weighted by molar-refractivity contribution is 7.97. The molecule has 0 spiro atoms. The van der Waals surface area contributed by atoms with Gasteiger partial charge in [-0.1, -0.05) is 0 Å². The number of piperidine rings is 1. The van der Waals surface area contributed by atoms with Crippen molar-refractivity contribution in [1.29, 1.82) is 0 Å². The Hall–Kier alpha value is -0.740. The van der Waals surface area contributed by atoms with Crippen molar-refractivity contribution in [1.82, 2.24) is 9.71 Å². The van der Waals surface area contributed by atoms with Crippen LogP contribution < -0.4 is 9.62 Å². The molecule has 0 amide bonds. The summed E-state index contributed by atoms with van der Waals surface area (Å²) in [4.78, 5) is 8.27. The van der Waals surface area contributed by atoms with Crippen LogP contribution in [0.4, 0.5) is 5.82 Å². The van der Waals surface area contributed by atoms with Crippen molar-refractivity contribution in [3.63, 3.8) is 0 Å². The molecule has 1 aromatic rings. The van der Waals surface area contributed by atoms with E-state index in [2.05, 4.69) is 20.7 Å². The predicted octanol–water partition coefficient (Wildman–Crippen LogP) is 2.05. The van der Waals surface area contributed by atoms with Crippen LogP contribution in [-0.4, -0.2) is 24.1 Å². The molecule has 1 fully saturated rings. The van der Waals surface area contributed by atoms with Gasteiger partial charge in [0.1, 0.15) is 5.82 Å². The zero-order valence-corrected chi connectivity index (χ0v) is 9.46. The van der Waals surface area contributed by atoms with E-state index in [0.717, 1.165) is 13.1 Å². The molecule has 0 aromatic carbocycles. The maximum atomic E-state index is 4.53. The highest BCUT2D eigenvalue weighted by Crippen LogP contribution is 2.33. The van der Waals surface area contributed by atoms with E-state index >= 15 is 0 Å². The Morgan fingerprint density at radius 2 is 2.47 bits per heavy atom. The van der Waals surface area contributed by atoms with Crippen LogP contribution in [0.2, 0.25) is 0 Å². The molecule has 80 valence electrons. The lowest BCUT2D eigenvalue weighted by Gasteiger charge is -2.35. The molecule has 0 saturated carbocycles. The number of anilines is 1. The molecule has 15 heavy (non-hydrogen) atoms. The second-order valence-corrected chi connectivity index (χ2v) is 5.05. The number of hydrogen-bond donors (Lipinski definition) is 1. The van der Waals surface area contributed by atoms with E-state index in [0.29, 0.717) is 6.04 Å². The zero-order chi connectivity index (χ0) is 10.1. The second-order valence-electron chi connectivity index (χ2n) is 4.12. The number of rotatable bonds is 0. The topological polar surface area (TPSA) is 28.2 Å². The summed E-state index contributed by atoms with van der Waals surface area (Å²) in [7, 11) is 0. The summed E-state index contributed by atoms with van der Waals surface area (Å²) in [5.41, 5.74) is 0. The highest BCUT2D eigenvalue weighted by atomic mass is 32.2. The van der Waals surface area contributed by atoms with Gasteiger partial charge in [-0.25, -0.2) is 4.98 Å². The third-order valence-electron chi connectivity index (χ3n) is 3.15. The highest BCUT2D eigenvalue weighted by Gasteiger charge is 2.27. The van der Waals surface area contributed by atoms with E-state index in [4.69, 9.17) is 0 Å². The van der Waals surface area contributed by atoms with E-state index in [1.807, 2.05) is 12.3 Å². The van der Waals surface area contributed by atoms with Crippen molar-refractivity contribution in [2.45, 2.75) is 30.2 Å². The average Bonchev–Trinajstić information content (AvgIpc) is 2.48. The minimum Gasteiger partial charge on any atom is -0.351 e. The van der Waals surface area contributed by atoms with Gasteiger partial charge in [0.2, 0.25) is 0 Å². The fraction of sp³-hybridized carbons (Fsp3) is 0.545. The Labute approximate surface area is 94.4 Å². The zero-order valence-electron chi connectivity index (χ0n) is 8.65. The summed E-state index contributed by atoms with van der Waals surface area (Å²) in [5.74, 6) is 1.18. The molecule has 3 rings (SSSR count). The molecule has 0 aliphatic carbocycles. The van der Waals surface area contributed by atoms with Crippen molar-refractivity contribution in [3.05, 3.63) is 18.3 Å². The first-order valence-corrected chi connectivity index (χ1v) is 6.38. The molecular weight excluding hydrogens is 206 g/mol. The third kappa shape index (κ3) is 1.72. The van der Waals surface area contributed by atoms with Gasteiger partial charge >= 0.3 is 0 Å². The molecule has 0 bridgehead atoms. The fourth-order valence-corrected chi connectivity index (χ4v) is 3.22. The molecule has 0 unspecified atom stereocenters. The van der Waals surface area contributed by atoms with Crippen molar-refractivity contribution < 1.29 is 0 Å². The van der Waals surface area contributed by atoms with E-state index in [1.165, 1.54) is 30.0 Å². The summed E-state index contributed by atoms with van der Waals surface area (Å²) in [6, 6.07) is 4.80. The van der Waals surface area contributed by atoms with E-state index in [-0.39, 0.29) is 0 Å². The summed E-state index contributed by atoms with van der Waals surface area (Å²) in [5, 5.41) is 0. The van der Waals surface area contributed by atoms with Gasteiger partial charge in [0.15, 0.2) is 0 Å². The average molecular weight is 221 g/mol.